The van der Waals surface area contributed by atoms with Gasteiger partial charge in [-0.1, -0.05) is 13.3 Å². The molecule has 0 aromatic heterocycles. The molecule has 0 fully saturated rings. The van der Waals surface area contributed by atoms with Crippen molar-refractivity contribution in [1.29, 1.82) is 0 Å². The van der Waals surface area contributed by atoms with Gasteiger partial charge >= 0.3 is 6.03 Å². The standard InChI is InChI=1S/C18H31N3O2/c1-6-7-9-21(10-8-11-22)18(23)19-17-14(2)12-16(20(4)5)13-15(17)3/h12-13,22H,6-11H2,1-5H3,(H,19,23). The maximum Gasteiger partial charge on any atom is 0.321 e. The van der Waals surface area contributed by atoms with Crippen molar-refractivity contribution in [2.75, 3.05) is 44.0 Å². The molecule has 0 unspecified atom stereocenters. The van der Waals surface area contributed by atoms with Crippen LogP contribution in [0.1, 0.15) is 37.3 Å². The first kappa shape index (κ1) is 19.3. The number of hydrogen-bond donors (Lipinski definition) is 2. The second kappa shape index (κ2) is 9.40. The third kappa shape index (κ3) is 5.75. The van der Waals surface area contributed by atoms with Crippen LogP contribution in [0.5, 0.6) is 0 Å². The Hall–Kier alpha value is -1.75. The highest BCUT2D eigenvalue weighted by molar-refractivity contribution is 5.91. The topological polar surface area (TPSA) is 55.8 Å². The smallest absolute Gasteiger partial charge is 0.321 e. The zero-order valence-electron chi connectivity index (χ0n) is 15.1. The lowest BCUT2D eigenvalue weighted by molar-refractivity contribution is 0.201. The van der Waals surface area contributed by atoms with Gasteiger partial charge in [0.25, 0.3) is 0 Å². The lowest BCUT2D eigenvalue weighted by atomic mass is 10.1. The molecular weight excluding hydrogens is 290 g/mol. The van der Waals surface area contributed by atoms with Gasteiger partial charge in [-0.2, -0.15) is 0 Å². The van der Waals surface area contributed by atoms with Crippen LogP contribution in [-0.4, -0.2) is 49.8 Å². The first-order valence-electron chi connectivity index (χ1n) is 8.36. The second-order valence-electron chi connectivity index (χ2n) is 6.20. The number of anilines is 2. The van der Waals surface area contributed by atoms with Gasteiger partial charge in [0.2, 0.25) is 0 Å². The van der Waals surface area contributed by atoms with Gasteiger partial charge in [0.15, 0.2) is 0 Å². The van der Waals surface area contributed by atoms with Crippen LogP contribution >= 0.6 is 0 Å². The minimum atomic E-state index is -0.0873. The summed E-state index contributed by atoms with van der Waals surface area (Å²) in [5, 5.41) is 12.1. The highest BCUT2D eigenvalue weighted by atomic mass is 16.3. The van der Waals surface area contributed by atoms with Gasteiger partial charge < -0.3 is 20.2 Å². The number of aliphatic hydroxyl groups is 1. The Balaban J connectivity index is 2.88. The summed E-state index contributed by atoms with van der Waals surface area (Å²) in [6, 6.07) is 4.06. The van der Waals surface area contributed by atoms with Gasteiger partial charge in [-0.15, -0.1) is 0 Å². The fraction of sp³-hybridized carbons (Fsp3) is 0.611. The molecule has 2 amide bonds. The fourth-order valence-corrected chi connectivity index (χ4v) is 2.51. The number of benzene rings is 1. The molecule has 0 aliphatic carbocycles. The van der Waals surface area contributed by atoms with Crippen LogP contribution in [0.2, 0.25) is 0 Å². The summed E-state index contributed by atoms with van der Waals surface area (Å²) < 4.78 is 0. The van der Waals surface area contributed by atoms with E-state index in [9.17, 15) is 4.79 Å². The molecule has 5 heteroatoms. The zero-order valence-corrected chi connectivity index (χ0v) is 15.1. The molecule has 1 rings (SSSR count). The van der Waals surface area contributed by atoms with E-state index in [1.807, 2.05) is 27.9 Å². The molecule has 23 heavy (non-hydrogen) atoms. The van der Waals surface area contributed by atoms with E-state index in [-0.39, 0.29) is 12.6 Å². The van der Waals surface area contributed by atoms with Gasteiger partial charge in [-0.25, -0.2) is 4.79 Å². The van der Waals surface area contributed by atoms with Crippen LogP contribution in [0.25, 0.3) is 0 Å². The normalized spacial score (nSPS) is 10.5. The third-order valence-electron chi connectivity index (χ3n) is 3.92. The molecule has 0 aliphatic rings. The van der Waals surface area contributed by atoms with Crippen molar-refractivity contribution in [1.82, 2.24) is 4.90 Å². The van der Waals surface area contributed by atoms with Crippen molar-refractivity contribution >= 4 is 17.4 Å². The number of carbonyl (C=O) groups is 1. The summed E-state index contributed by atoms with van der Waals surface area (Å²) in [6.07, 6.45) is 2.61. The molecule has 0 bridgehead atoms. The predicted octanol–water partition coefficient (Wildman–Crippen LogP) is 3.39. The van der Waals surface area contributed by atoms with Gasteiger partial charge in [0.05, 0.1) is 0 Å². The van der Waals surface area contributed by atoms with E-state index in [1.54, 1.807) is 4.90 Å². The summed E-state index contributed by atoms with van der Waals surface area (Å²) in [5.41, 5.74) is 4.12. The number of aliphatic hydroxyl groups excluding tert-OH is 1. The van der Waals surface area contributed by atoms with Crippen LogP contribution in [0.4, 0.5) is 16.2 Å². The Labute approximate surface area is 140 Å². The quantitative estimate of drug-likeness (QED) is 0.772. The largest absolute Gasteiger partial charge is 0.396 e. The molecule has 0 radical (unpaired) electrons. The number of nitrogens with one attached hydrogen (secondary N) is 1. The number of urea groups is 1. The minimum Gasteiger partial charge on any atom is -0.396 e. The van der Waals surface area contributed by atoms with E-state index in [1.165, 1.54) is 0 Å². The summed E-state index contributed by atoms with van der Waals surface area (Å²) in [4.78, 5) is 16.4. The van der Waals surface area contributed by atoms with Gasteiger partial charge in [-0.05, 0) is 49.9 Å². The van der Waals surface area contributed by atoms with E-state index in [0.29, 0.717) is 13.0 Å². The lowest BCUT2D eigenvalue weighted by Crippen LogP contribution is -2.37. The highest BCUT2D eigenvalue weighted by Crippen LogP contribution is 2.26. The summed E-state index contributed by atoms with van der Waals surface area (Å²) in [7, 11) is 4.02. The molecule has 0 saturated carbocycles. The van der Waals surface area contributed by atoms with Crippen molar-refractivity contribution in [3.8, 4) is 0 Å². The van der Waals surface area contributed by atoms with E-state index in [2.05, 4.69) is 29.3 Å². The number of hydrogen-bond acceptors (Lipinski definition) is 3. The van der Waals surface area contributed by atoms with Gasteiger partial charge in [0.1, 0.15) is 0 Å². The Kier molecular flexibility index (Phi) is 7.89. The summed E-state index contributed by atoms with van der Waals surface area (Å²) >= 11 is 0. The first-order chi connectivity index (χ1) is 10.9. The average Bonchev–Trinajstić information content (AvgIpc) is 2.50. The van der Waals surface area contributed by atoms with Crippen LogP contribution in [0.3, 0.4) is 0 Å². The number of amides is 2. The van der Waals surface area contributed by atoms with Crippen molar-refractivity contribution < 1.29 is 9.90 Å². The summed E-state index contributed by atoms with van der Waals surface area (Å²) in [5.74, 6) is 0. The molecule has 5 nitrogen and oxygen atoms in total. The van der Waals surface area contributed by atoms with E-state index in [4.69, 9.17) is 5.11 Å². The summed E-state index contributed by atoms with van der Waals surface area (Å²) in [6.45, 7) is 7.54. The number of carbonyl (C=O) groups excluding carboxylic acids is 1. The minimum absolute atomic E-state index is 0.0873. The molecule has 0 atom stereocenters. The Morgan fingerprint density at radius 2 is 1.70 bits per heavy atom. The van der Waals surface area contributed by atoms with Crippen LogP contribution in [0.15, 0.2) is 12.1 Å². The number of nitrogens with zero attached hydrogens (tertiary/aromatic N) is 2. The molecule has 1 aromatic rings. The van der Waals surface area contributed by atoms with E-state index < -0.39 is 0 Å². The maximum absolute atomic E-state index is 12.6. The highest BCUT2D eigenvalue weighted by Gasteiger charge is 2.15. The van der Waals surface area contributed by atoms with E-state index in [0.717, 1.165) is 41.9 Å². The van der Waals surface area contributed by atoms with Gasteiger partial charge in [0, 0.05) is 45.2 Å². The number of rotatable bonds is 8. The Morgan fingerprint density at radius 3 is 2.17 bits per heavy atom. The van der Waals surface area contributed by atoms with Crippen molar-refractivity contribution in [3.63, 3.8) is 0 Å². The molecule has 0 aliphatic heterocycles. The lowest BCUT2D eigenvalue weighted by Gasteiger charge is -2.24. The van der Waals surface area contributed by atoms with Crippen molar-refractivity contribution in [3.05, 3.63) is 23.3 Å². The zero-order chi connectivity index (χ0) is 17.4. The molecule has 2 N–H and O–H groups in total. The molecule has 1 aromatic carbocycles. The third-order valence-corrected chi connectivity index (χ3v) is 3.92. The van der Waals surface area contributed by atoms with Crippen LogP contribution in [-0.2, 0) is 0 Å². The van der Waals surface area contributed by atoms with Crippen LogP contribution < -0.4 is 10.2 Å². The van der Waals surface area contributed by atoms with E-state index >= 15 is 0 Å². The molecular formula is C18H31N3O2. The van der Waals surface area contributed by atoms with Crippen molar-refractivity contribution in [2.24, 2.45) is 0 Å². The molecule has 0 heterocycles. The monoisotopic (exact) mass is 321 g/mol. The fourth-order valence-electron chi connectivity index (χ4n) is 2.51. The van der Waals surface area contributed by atoms with Crippen LogP contribution in [0, 0.1) is 13.8 Å². The molecule has 130 valence electrons. The first-order valence-corrected chi connectivity index (χ1v) is 8.36. The number of aryl methyl sites for hydroxylation is 2. The maximum atomic E-state index is 12.6. The number of unbranched alkanes of at least 4 members (excludes halogenated alkanes) is 1. The molecule has 0 spiro atoms. The SMILES string of the molecule is CCCCN(CCCO)C(=O)Nc1c(C)cc(N(C)C)cc1C. The predicted molar refractivity (Wildman–Crippen MR) is 97.4 cm³/mol. The Bertz CT molecular complexity index is 484. The van der Waals surface area contributed by atoms with Crippen molar-refractivity contribution in [2.45, 2.75) is 40.0 Å². The average molecular weight is 321 g/mol. The molecule has 0 saturated heterocycles. The van der Waals surface area contributed by atoms with Gasteiger partial charge in [-0.3, -0.25) is 0 Å². The Morgan fingerprint density at radius 1 is 1.13 bits per heavy atom. The second-order valence-corrected chi connectivity index (χ2v) is 6.20.